The van der Waals surface area contributed by atoms with Gasteiger partial charge in [-0.25, -0.2) is 4.79 Å². The minimum atomic E-state index is -0.653. The van der Waals surface area contributed by atoms with Crippen LogP contribution in [0.2, 0.25) is 0 Å². The summed E-state index contributed by atoms with van der Waals surface area (Å²) >= 11 is 0. The van der Waals surface area contributed by atoms with Crippen molar-refractivity contribution >= 4 is 17.9 Å². The molecule has 1 N–H and O–H groups in total. The van der Waals surface area contributed by atoms with Gasteiger partial charge in [0, 0.05) is 6.42 Å². The number of cyclic esters (lactones) is 1. The average molecular weight is 306 g/mol. The number of nitrogens with zero attached hydrogens (tertiary/aromatic N) is 1. The van der Waals surface area contributed by atoms with Crippen LogP contribution in [0, 0.1) is 0 Å². The lowest BCUT2D eigenvalue weighted by molar-refractivity contribution is -0.136. The normalized spacial score (nSPS) is 24.9. The lowest BCUT2D eigenvalue weighted by Crippen LogP contribution is -2.52. The minimum Gasteiger partial charge on any atom is -0.439 e. The SMILES string of the molecule is C=C/C=C(\C=C)C1CN(C2CCC(=O)NC2=O)C(=O)O1.CC. The van der Waals surface area contributed by atoms with E-state index in [0.717, 1.165) is 5.57 Å². The molecule has 0 aromatic heterocycles. The van der Waals surface area contributed by atoms with Crippen LogP contribution in [0.15, 0.2) is 37.0 Å². The molecule has 2 aliphatic rings. The Morgan fingerprint density at radius 2 is 2.00 bits per heavy atom. The molecule has 2 atom stereocenters. The standard InChI is InChI=1S/C14H16N2O4.C2H6/c1-3-5-9(4-2)11-8-16(14(19)20-11)10-6-7-12(17)15-13(10)18;1-2/h3-5,10-11H,1-2,6-8H2,(H,15,17,18);1-2H3/b9-5+;. The highest BCUT2D eigenvalue weighted by molar-refractivity contribution is 6.01. The number of piperidine rings is 1. The second kappa shape index (κ2) is 8.17. The van der Waals surface area contributed by atoms with Crippen molar-refractivity contribution in [3.63, 3.8) is 0 Å². The molecule has 0 saturated carbocycles. The maximum absolute atomic E-state index is 11.9. The van der Waals surface area contributed by atoms with E-state index in [4.69, 9.17) is 4.74 Å². The Kier molecular flexibility index (Phi) is 6.56. The fourth-order valence-corrected chi connectivity index (χ4v) is 2.33. The van der Waals surface area contributed by atoms with Crippen molar-refractivity contribution in [2.45, 2.75) is 38.8 Å². The predicted octanol–water partition coefficient (Wildman–Crippen LogP) is 1.94. The largest absolute Gasteiger partial charge is 0.439 e. The van der Waals surface area contributed by atoms with Crippen molar-refractivity contribution in [3.05, 3.63) is 37.0 Å². The second-order valence-corrected chi connectivity index (χ2v) is 4.60. The summed E-state index contributed by atoms with van der Waals surface area (Å²) in [6.07, 6.45) is 4.40. The Bertz CT molecular complexity index is 510. The van der Waals surface area contributed by atoms with Gasteiger partial charge in [-0.2, -0.15) is 0 Å². The van der Waals surface area contributed by atoms with Crippen LogP contribution in [0.1, 0.15) is 26.7 Å². The van der Waals surface area contributed by atoms with Gasteiger partial charge in [-0.15, -0.1) is 0 Å². The van der Waals surface area contributed by atoms with Crippen LogP contribution >= 0.6 is 0 Å². The zero-order chi connectivity index (χ0) is 16.7. The van der Waals surface area contributed by atoms with E-state index in [0.29, 0.717) is 6.42 Å². The first-order chi connectivity index (χ1) is 10.6. The first-order valence-corrected chi connectivity index (χ1v) is 7.32. The number of hydrogen-bond donors (Lipinski definition) is 1. The van der Waals surface area contributed by atoms with Gasteiger partial charge in [-0.05, 0) is 12.0 Å². The maximum atomic E-state index is 11.9. The van der Waals surface area contributed by atoms with E-state index in [1.54, 1.807) is 18.2 Å². The molecule has 2 saturated heterocycles. The summed E-state index contributed by atoms with van der Waals surface area (Å²) < 4.78 is 5.24. The predicted molar refractivity (Wildman–Crippen MR) is 83.0 cm³/mol. The quantitative estimate of drug-likeness (QED) is 0.636. The number of rotatable bonds is 4. The van der Waals surface area contributed by atoms with Crippen LogP contribution in [0.4, 0.5) is 4.79 Å². The van der Waals surface area contributed by atoms with E-state index in [1.807, 2.05) is 13.8 Å². The third kappa shape index (κ3) is 3.84. The van der Waals surface area contributed by atoms with Crippen molar-refractivity contribution in [1.82, 2.24) is 10.2 Å². The van der Waals surface area contributed by atoms with Gasteiger partial charge in [0.2, 0.25) is 11.8 Å². The summed E-state index contributed by atoms with van der Waals surface area (Å²) in [5.74, 6) is -0.764. The molecule has 0 bridgehead atoms. The van der Waals surface area contributed by atoms with Crippen molar-refractivity contribution in [1.29, 1.82) is 0 Å². The Morgan fingerprint density at radius 1 is 1.32 bits per heavy atom. The van der Waals surface area contributed by atoms with Crippen LogP contribution in [-0.4, -0.2) is 41.5 Å². The topological polar surface area (TPSA) is 75.7 Å². The summed E-state index contributed by atoms with van der Waals surface area (Å²) in [6, 6.07) is -0.653. The number of carbonyl (C=O) groups excluding carboxylic acids is 3. The molecule has 120 valence electrons. The van der Waals surface area contributed by atoms with E-state index in [2.05, 4.69) is 18.5 Å². The molecule has 6 nitrogen and oxygen atoms in total. The van der Waals surface area contributed by atoms with Gasteiger partial charge in [0.1, 0.15) is 12.1 Å². The van der Waals surface area contributed by atoms with Crippen molar-refractivity contribution in [3.8, 4) is 0 Å². The van der Waals surface area contributed by atoms with Gasteiger partial charge in [0.15, 0.2) is 0 Å². The summed E-state index contributed by atoms with van der Waals surface area (Å²) in [7, 11) is 0. The van der Waals surface area contributed by atoms with Gasteiger partial charge in [-0.1, -0.05) is 45.2 Å². The van der Waals surface area contributed by atoms with E-state index >= 15 is 0 Å². The zero-order valence-corrected chi connectivity index (χ0v) is 13.0. The molecule has 0 spiro atoms. The number of hydrogen-bond acceptors (Lipinski definition) is 4. The van der Waals surface area contributed by atoms with Gasteiger partial charge in [-0.3, -0.25) is 19.8 Å². The molecule has 2 fully saturated rings. The number of amides is 3. The zero-order valence-electron chi connectivity index (χ0n) is 13.0. The lowest BCUT2D eigenvalue weighted by atomic mass is 10.0. The molecule has 2 rings (SSSR count). The van der Waals surface area contributed by atoms with Gasteiger partial charge in [0.25, 0.3) is 0 Å². The minimum absolute atomic E-state index is 0.224. The fraction of sp³-hybridized carbons (Fsp3) is 0.438. The number of imide groups is 1. The first-order valence-electron chi connectivity index (χ1n) is 7.32. The van der Waals surface area contributed by atoms with Crippen LogP contribution in [-0.2, 0) is 14.3 Å². The molecule has 0 aliphatic carbocycles. The summed E-state index contributed by atoms with van der Waals surface area (Å²) in [5, 5.41) is 2.23. The van der Waals surface area contributed by atoms with Crippen molar-refractivity contribution in [2.24, 2.45) is 0 Å². The molecule has 3 amide bonds. The van der Waals surface area contributed by atoms with Crippen LogP contribution in [0.3, 0.4) is 0 Å². The monoisotopic (exact) mass is 306 g/mol. The molecular formula is C16H22N2O4. The third-order valence-corrected chi connectivity index (χ3v) is 3.34. The van der Waals surface area contributed by atoms with Crippen LogP contribution < -0.4 is 5.32 Å². The molecule has 2 unspecified atom stereocenters. The fourth-order valence-electron chi connectivity index (χ4n) is 2.33. The van der Waals surface area contributed by atoms with Crippen molar-refractivity contribution < 1.29 is 19.1 Å². The number of nitrogens with one attached hydrogen (secondary N) is 1. The molecule has 2 aliphatic heterocycles. The summed E-state index contributed by atoms with van der Waals surface area (Å²) in [4.78, 5) is 36.1. The highest BCUT2D eigenvalue weighted by atomic mass is 16.6. The first kappa shape index (κ1) is 17.7. The Balaban J connectivity index is 0.00000116. The molecule has 0 aromatic carbocycles. The molecule has 0 aromatic rings. The van der Waals surface area contributed by atoms with E-state index in [-0.39, 0.29) is 18.9 Å². The lowest BCUT2D eigenvalue weighted by Gasteiger charge is -2.27. The molecule has 6 heteroatoms. The maximum Gasteiger partial charge on any atom is 0.411 e. The molecule has 2 heterocycles. The van der Waals surface area contributed by atoms with Gasteiger partial charge in [0.05, 0.1) is 6.54 Å². The average Bonchev–Trinajstić information content (AvgIpc) is 2.88. The van der Waals surface area contributed by atoms with Gasteiger partial charge >= 0.3 is 6.09 Å². The summed E-state index contributed by atoms with van der Waals surface area (Å²) in [5.41, 5.74) is 0.725. The number of ether oxygens (including phenoxy) is 1. The van der Waals surface area contributed by atoms with Gasteiger partial charge < -0.3 is 4.74 Å². The Morgan fingerprint density at radius 3 is 2.55 bits per heavy atom. The Labute approximate surface area is 130 Å². The Hall–Kier alpha value is -2.37. The van der Waals surface area contributed by atoms with Crippen LogP contribution in [0.5, 0.6) is 0 Å². The second-order valence-electron chi connectivity index (χ2n) is 4.60. The van der Waals surface area contributed by atoms with E-state index < -0.39 is 24.1 Å². The highest BCUT2D eigenvalue weighted by Gasteiger charge is 2.41. The summed E-state index contributed by atoms with van der Waals surface area (Å²) in [6.45, 7) is 11.5. The van der Waals surface area contributed by atoms with E-state index in [9.17, 15) is 14.4 Å². The molecular weight excluding hydrogens is 284 g/mol. The smallest absolute Gasteiger partial charge is 0.411 e. The number of carbonyl (C=O) groups is 3. The van der Waals surface area contributed by atoms with E-state index in [1.165, 1.54) is 4.90 Å². The third-order valence-electron chi connectivity index (χ3n) is 3.34. The molecule has 0 radical (unpaired) electrons. The highest BCUT2D eigenvalue weighted by Crippen LogP contribution is 2.24. The number of allylic oxidation sites excluding steroid dienone is 2. The molecule has 22 heavy (non-hydrogen) atoms. The van der Waals surface area contributed by atoms with Crippen LogP contribution in [0.25, 0.3) is 0 Å². The van der Waals surface area contributed by atoms with Crippen molar-refractivity contribution in [2.75, 3.05) is 6.54 Å².